The first-order chi connectivity index (χ1) is 3.29. The van der Waals surface area contributed by atoms with E-state index in [0.29, 0.717) is 11.7 Å². The fourth-order valence-corrected chi connectivity index (χ4v) is 0.854. The fourth-order valence-electron chi connectivity index (χ4n) is 0.854. The third-order valence-electron chi connectivity index (χ3n) is 1.32. The summed E-state index contributed by atoms with van der Waals surface area (Å²) in [5.74, 6) is 0.875. The second-order valence-corrected chi connectivity index (χ2v) is 2.15. The molecule has 0 fully saturated rings. The van der Waals surface area contributed by atoms with E-state index in [9.17, 15) is 5.11 Å². The minimum atomic E-state index is 0. The predicted molar refractivity (Wildman–Crippen MR) is 26.5 cm³/mol. The number of hydrogen-bond donors (Lipinski definition) is 0. The van der Waals surface area contributed by atoms with E-state index in [1.54, 1.807) is 6.08 Å². The minimum absolute atomic E-state index is 0. The molecule has 0 aliphatic heterocycles. The molecule has 0 amide bonds. The Hall–Kier alpha value is 0.137. The van der Waals surface area contributed by atoms with Crippen LogP contribution in [0.15, 0.2) is 11.8 Å². The molecule has 0 saturated carbocycles. The third-order valence-corrected chi connectivity index (χ3v) is 1.32. The summed E-state index contributed by atoms with van der Waals surface area (Å²) in [6.07, 6.45) is 3.65. The Morgan fingerprint density at radius 1 is 1.75 bits per heavy atom. The molecular formula is C6H9LiO. The maximum Gasteiger partial charge on any atom is 1.00 e. The molecule has 0 radical (unpaired) electrons. The van der Waals surface area contributed by atoms with Crippen LogP contribution in [-0.4, -0.2) is 0 Å². The largest absolute Gasteiger partial charge is 1.00 e. The van der Waals surface area contributed by atoms with Crippen molar-refractivity contribution in [2.24, 2.45) is 5.92 Å². The van der Waals surface area contributed by atoms with Gasteiger partial charge in [0.25, 0.3) is 0 Å². The van der Waals surface area contributed by atoms with Gasteiger partial charge >= 0.3 is 18.9 Å². The molecule has 0 N–H and O–H groups in total. The molecular weight excluding hydrogens is 95.0 g/mol. The summed E-state index contributed by atoms with van der Waals surface area (Å²) in [6.45, 7) is 2.07. The van der Waals surface area contributed by atoms with Crippen molar-refractivity contribution in [1.82, 2.24) is 0 Å². The van der Waals surface area contributed by atoms with Crippen LogP contribution in [0.25, 0.3) is 0 Å². The first kappa shape index (κ1) is 8.14. The van der Waals surface area contributed by atoms with Crippen LogP contribution < -0.4 is 24.0 Å². The van der Waals surface area contributed by atoms with Crippen molar-refractivity contribution >= 4 is 0 Å². The maximum atomic E-state index is 10.4. The van der Waals surface area contributed by atoms with E-state index in [1.165, 1.54) is 0 Å². The van der Waals surface area contributed by atoms with Crippen LogP contribution in [0.1, 0.15) is 19.8 Å². The van der Waals surface area contributed by atoms with Gasteiger partial charge in [-0.05, 0) is 18.8 Å². The van der Waals surface area contributed by atoms with Crippen molar-refractivity contribution in [3.63, 3.8) is 0 Å². The molecule has 0 heterocycles. The summed E-state index contributed by atoms with van der Waals surface area (Å²) in [5.41, 5.74) is 0. The van der Waals surface area contributed by atoms with Gasteiger partial charge in [0, 0.05) is 0 Å². The van der Waals surface area contributed by atoms with Crippen molar-refractivity contribution in [3.05, 3.63) is 11.8 Å². The molecule has 0 aromatic heterocycles. The molecule has 0 spiro atoms. The molecule has 1 atom stereocenters. The van der Waals surface area contributed by atoms with Crippen LogP contribution in [0.5, 0.6) is 0 Å². The minimum Gasteiger partial charge on any atom is -0.876 e. The predicted octanol–water partition coefficient (Wildman–Crippen LogP) is -2.34. The van der Waals surface area contributed by atoms with Crippen LogP contribution in [0, 0.1) is 5.92 Å². The molecule has 0 saturated heterocycles. The smallest absolute Gasteiger partial charge is 0.876 e. The summed E-state index contributed by atoms with van der Waals surface area (Å²) in [6, 6.07) is 0. The van der Waals surface area contributed by atoms with Crippen LogP contribution >= 0.6 is 0 Å². The van der Waals surface area contributed by atoms with Crippen LogP contribution in [0.2, 0.25) is 0 Å². The van der Waals surface area contributed by atoms with Crippen LogP contribution in [-0.2, 0) is 0 Å². The normalized spacial score (nSPS) is 26.6. The molecule has 0 aromatic carbocycles. The maximum absolute atomic E-state index is 10.4. The average Bonchev–Trinajstić information content (AvgIpc) is 1.87. The van der Waals surface area contributed by atoms with E-state index in [0.717, 1.165) is 12.8 Å². The van der Waals surface area contributed by atoms with Crippen molar-refractivity contribution in [2.45, 2.75) is 19.8 Å². The molecule has 1 aliphatic rings. The zero-order valence-corrected chi connectivity index (χ0v) is 5.48. The molecule has 0 aromatic rings. The first-order valence-corrected chi connectivity index (χ1v) is 2.67. The topological polar surface area (TPSA) is 23.1 Å². The van der Waals surface area contributed by atoms with Gasteiger partial charge in [0.2, 0.25) is 0 Å². The van der Waals surface area contributed by atoms with Gasteiger partial charge in [-0.1, -0.05) is 13.0 Å². The SMILES string of the molecule is CC1C=C([O-])CC1.[Li+]. The second kappa shape index (κ2) is 3.22. The van der Waals surface area contributed by atoms with E-state index < -0.39 is 0 Å². The molecule has 40 valence electrons. The van der Waals surface area contributed by atoms with Gasteiger partial charge < -0.3 is 5.11 Å². The third kappa shape index (κ3) is 1.94. The molecule has 1 unspecified atom stereocenters. The Morgan fingerprint density at radius 2 is 2.38 bits per heavy atom. The van der Waals surface area contributed by atoms with Gasteiger partial charge in [0.1, 0.15) is 0 Å². The fraction of sp³-hybridized carbons (Fsp3) is 0.667. The van der Waals surface area contributed by atoms with Gasteiger partial charge in [0.15, 0.2) is 0 Å². The number of allylic oxidation sites excluding steroid dienone is 2. The number of hydrogen-bond acceptors (Lipinski definition) is 1. The van der Waals surface area contributed by atoms with Gasteiger partial charge in [0.05, 0.1) is 0 Å². The number of rotatable bonds is 0. The molecule has 1 nitrogen and oxygen atoms in total. The van der Waals surface area contributed by atoms with Crippen molar-refractivity contribution < 1.29 is 24.0 Å². The summed E-state index contributed by atoms with van der Waals surface area (Å²) >= 11 is 0. The first-order valence-electron chi connectivity index (χ1n) is 2.67. The zero-order chi connectivity index (χ0) is 5.28. The van der Waals surface area contributed by atoms with E-state index in [-0.39, 0.29) is 18.9 Å². The van der Waals surface area contributed by atoms with E-state index in [1.807, 2.05) is 0 Å². The quantitative estimate of drug-likeness (QED) is 0.316. The monoisotopic (exact) mass is 104 g/mol. The van der Waals surface area contributed by atoms with Gasteiger partial charge in [-0.3, -0.25) is 0 Å². The molecule has 1 rings (SSSR count). The van der Waals surface area contributed by atoms with Crippen molar-refractivity contribution in [1.29, 1.82) is 0 Å². The Morgan fingerprint density at radius 3 is 2.50 bits per heavy atom. The van der Waals surface area contributed by atoms with E-state index >= 15 is 0 Å². The van der Waals surface area contributed by atoms with Crippen molar-refractivity contribution in [3.8, 4) is 0 Å². The Kier molecular flexibility index (Phi) is 3.28. The summed E-state index contributed by atoms with van der Waals surface area (Å²) in [7, 11) is 0. The molecule has 2 heteroatoms. The van der Waals surface area contributed by atoms with Gasteiger partial charge in [-0.2, -0.15) is 0 Å². The average molecular weight is 104 g/mol. The Bertz CT molecular complexity index is 98.7. The van der Waals surface area contributed by atoms with Gasteiger partial charge in [-0.25, -0.2) is 0 Å². The second-order valence-electron chi connectivity index (χ2n) is 2.15. The van der Waals surface area contributed by atoms with Crippen molar-refractivity contribution in [2.75, 3.05) is 0 Å². The van der Waals surface area contributed by atoms with Crippen LogP contribution in [0.4, 0.5) is 0 Å². The molecule has 0 bridgehead atoms. The van der Waals surface area contributed by atoms with E-state index in [2.05, 4.69) is 6.92 Å². The van der Waals surface area contributed by atoms with Crippen LogP contribution in [0.3, 0.4) is 0 Å². The van der Waals surface area contributed by atoms with E-state index in [4.69, 9.17) is 0 Å². The summed E-state index contributed by atoms with van der Waals surface area (Å²) < 4.78 is 0. The summed E-state index contributed by atoms with van der Waals surface area (Å²) in [5, 5.41) is 10.4. The van der Waals surface area contributed by atoms with Gasteiger partial charge in [-0.15, -0.1) is 5.76 Å². The Balaban J connectivity index is 0.000000490. The molecule has 1 aliphatic carbocycles. The Labute approximate surface area is 62.0 Å². The summed E-state index contributed by atoms with van der Waals surface area (Å²) in [4.78, 5) is 0. The molecule has 8 heavy (non-hydrogen) atoms. The standard InChI is InChI=1S/C6H10O.Li/c1-5-2-3-6(7)4-5;/h4-5,7H,2-3H2,1H3;/q;+1/p-1. The zero-order valence-electron chi connectivity index (χ0n) is 5.48.